The summed E-state index contributed by atoms with van der Waals surface area (Å²) in [7, 11) is 1.39. The first kappa shape index (κ1) is 10.3. The minimum Gasteiger partial charge on any atom is -0.493 e. The molecule has 0 aromatic heterocycles. The molecule has 3 nitrogen and oxygen atoms in total. The lowest BCUT2D eigenvalue weighted by molar-refractivity contribution is -0.141. The average Bonchev–Trinajstić information content (AvgIpc) is 2.61. The number of ether oxygens (including phenoxy) is 2. The van der Waals surface area contributed by atoms with E-state index >= 15 is 0 Å². The lowest BCUT2D eigenvalue weighted by atomic mass is 9.98. The van der Waals surface area contributed by atoms with Crippen molar-refractivity contribution < 1.29 is 14.3 Å². The van der Waals surface area contributed by atoms with E-state index in [9.17, 15) is 4.79 Å². The molecular formula is C11H11ClO3. The summed E-state index contributed by atoms with van der Waals surface area (Å²) in [6.45, 7) is 0.519. The van der Waals surface area contributed by atoms with Crippen molar-refractivity contribution in [2.75, 3.05) is 13.7 Å². The second-order valence-corrected chi connectivity index (χ2v) is 3.91. The molecule has 4 heteroatoms. The summed E-state index contributed by atoms with van der Waals surface area (Å²) >= 11 is 5.89. The summed E-state index contributed by atoms with van der Waals surface area (Å²) in [6, 6.07) is 5.45. The molecule has 1 aromatic rings. The highest BCUT2D eigenvalue weighted by Gasteiger charge is 2.26. The topological polar surface area (TPSA) is 35.5 Å². The van der Waals surface area contributed by atoms with E-state index in [1.807, 2.05) is 12.1 Å². The molecule has 1 aliphatic rings. The Labute approximate surface area is 92.9 Å². The molecule has 0 fully saturated rings. The third-order valence-corrected chi connectivity index (χ3v) is 2.73. The number of carbonyl (C=O) groups is 1. The van der Waals surface area contributed by atoms with Crippen LogP contribution in [0.25, 0.3) is 0 Å². The number of esters is 1. The summed E-state index contributed by atoms with van der Waals surface area (Å²) < 4.78 is 10.1. The minimum atomic E-state index is -0.226. The molecule has 2 rings (SSSR count). The fourth-order valence-electron chi connectivity index (χ4n) is 1.70. The van der Waals surface area contributed by atoms with E-state index < -0.39 is 0 Å². The maximum Gasteiger partial charge on any atom is 0.306 e. The monoisotopic (exact) mass is 226 g/mol. The van der Waals surface area contributed by atoms with Gasteiger partial charge in [0.15, 0.2) is 0 Å². The predicted molar refractivity (Wildman–Crippen MR) is 56.3 cm³/mol. The third-order valence-electron chi connectivity index (χ3n) is 2.49. The molecule has 1 heterocycles. The zero-order valence-corrected chi connectivity index (χ0v) is 9.08. The maximum atomic E-state index is 11.2. The molecule has 1 unspecified atom stereocenters. The van der Waals surface area contributed by atoms with Crippen LogP contribution in [0.2, 0.25) is 5.02 Å². The number of carbonyl (C=O) groups excluding carboxylic acids is 1. The number of hydrogen-bond acceptors (Lipinski definition) is 3. The van der Waals surface area contributed by atoms with Crippen molar-refractivity contribution in [2.45, 2.75) is 12.3 Å². The van der Waals surface area contributed by atoms with E-state index in [1.54, 1.807) is 6.07 Å². The maximum absolute atomic E-state index is 11.2. The molecule has 1 aliphatic heterocycles. The van der Waals surface area contributed by atoms with Crippen LogP contribution in [0.3, 0.4) is 0 Å². The molecule has 0 bridgehead atoms. The van der Waals surface area contributed by atoms with E-state index in [0.29, 0.717) is 18.1 Å². The third kappa shape index (κ3) is 2.07. The second kappa shape index (κ2) is 4.11. The second-order valence-electron chi connectivity index (χ2n) is 3.47. The first-order valence-corrected chi connectivity index (χ1v) is 5.07. The standard InChI is InChI=1S/C11H11ClO3/c1-14-11(13)4-7-6-15-10-3-2-8(12)5-9(7)10/h2-3,5,7H,4,6H2,1H3. The summed E-state index contributed by atoms with van der Waals surface area (Å²) in [6.07, 6.45) is 0.337. The molecular weight excluding hydrogens is 216 g/mol. The molecule has 0 saturated heterocycles. The Morgan fingerprint density at radius 3 is 3.20 bits per heavy atom. The fourth-order valence-corrected chi connectivity index (χ4v) is 1.88. The van der Waals surface area contributed by atoms with Gasteiger partial charge in [-0.1, -0.05) is 11.6 Å². The number of methoxy groups -OCH3 is 1. The molecule has 1 atom stereocenters. The van der Waals surface area contributed by atoms with Crippen molar-refractivity contribution in [1.82, 2.24) is 0 Å². The van der Waals surface area contributed by atoms with Crippen molar-refractivity contribution >= 4 is 17.6 Å². The smallest absolute Gasteiger partial charge is 0.306 e. The van der Waals surface area contributed by atoms with Gasteiger partial charge >= 0.3 is 5.97 Å². The van der Waals surface area contributed by atoms with Gasteiger partial charge in [-0.15, -0.1) is 0 Å². The van der Waals surface area contributed by atoms with Crippen molar-refractivity contribution in [1.29, 1.82) is 0 Å². The van der Waals surface area contributed by atoms with Crippen molar-refractivity contribution in [3.63, 3.8) is 0 Å². The van der Waals surface area contributed by atoms with Gasteiger partial charge in [0, 0.05) is 16.5 Å². The first-order chi connectivity index (χ1) is 7.20. The highest BCUT2D eigenvalue weighted by molar-refractivity contribution is 6.30. The SMILES string of the molecule is COC(=O)CC1COc2ccc(Cl)cc21. The van der Waals surface area contributed by atoms with E-state index in [0.717, 1.165) is 11.3 Å². The zero-order valence-electron chi connectivity index (χ0n) is 8.33. The lowest BCUT2D eigenvalue weighted by Crippen LogP contribution is -2.09. The van der Waals surface area contributed by atoms with Gasteiger partial charge in [-0.3, -0.25) is 4.79 Å². The van der Waals surface area contributed by atoms with Gasteiger partial charge in [-0.25, -0.2) is 0 Å². The molecule has 15 heavy (non-hydrogen) atoms. The summed E-state index contributed by atoms with van der Waals surface area (Å²) in [4.78, 5) is 11.2. The van der Waals surface area contributed by atoms with Crippen molar-refractivity contribution in [3.8, 4) is 5.75 Å². The minimum absolute atomic E-state index is 0.0612. The Kier molecular flexibility index (Phi) is 2.82. The molecule has 1 aromatic carbocycles. The summed E-state index contributed by atoms with van der Waals surface area (Å²) in [5, 5.41) is 0.661. The normalized spacial score (nSPS) is 18.1. The summed E-state index contributed by atoms with van der Waals surface area (Å²) in [5.74, 6) is 0.649. The summed E-state index contributed by atoms with van der Waals surface area (Å²) in [5.41, 5.74) is 0.993. The molecule has 80 valence electrons. The number of benzene rings is 1. The Morgan fingerprint density at radius 2 is 2.47 bits per heavy atom. The fraction of sp³-hybridized carbons (Fsp3) is 0.364. The Bertz CT molecular complexity index is 389. The van der Waals surface area contributed by atoms with E-state index in [-0.39, 0.29) is 11.9 Å². The largest absolute Gasteiger partial charge is 0.493 e. The van der Waals surface area contributed by atoms with Gasteiger partial charge in [0.05, 0.1) is 20.1 Å². The number of hydrogen-bond donors (Lipinski definition) is 0. The van der Waals surface area contributed by atoms with Gasteiger partial charge in [-0.2, -0.15) is 0 Å². The van der Waals surface area contributed by atoms with E-state index in [2.05, 4.69) is 4.74 Å². The van der Waals surface area contributed by atoms with Crippen LogP contribution in [0.15, 0.2) is 18.2 Å². The number of fused-ring (bicyclic) bond motifs is 1. The number of halogens is 1. The quantitative estimate of drug-likeness (QED) is 0.727. The number of rotatable bonds is 2. The Hall–Kier alpha value is -1.22. The lowest BCUT2D eigenvalue weighted by Gasteiger charge is -2.06. The Balaban J connectivity index is 2.20. The zero-order chi connectivity index (χ0) is 10.8. The van der Waals surface area contributed by atoms with Crippen LogP contribution >= 0.6 is 11.6 Å². The Morgan fingerprint density at radius 1 is 1.67 bits per heavy atom. The highest BCUT2D eigenvalue weighted by atomic mass is 35.5. The van der Waals surface area contributed by atoms with Crippen LogP contribution < -0.4 is 4.74 Å². The van der Waals surface area contributed by atoms with Crippen LogP contribution in [0.5, 0.6) is 5.75 Å². The van der Waals surface area contributed by atoms with Gasteiger partial charge in [0.1, 0.15) is 5.75 Å². The van der Waals surface area contributed by atoms with Gasteiger partial charge in [0.25, 0.3) is 0 Å². The van der Waals surface area contributed by atoms with Gasteiger partial charge in [0.2, 0.25) is 0 Å². The van der Waals surface area contributed by atoms with Crippen LogP contribution in [0.4, 0.5) is 0 Å². The van der Waals surface area contributed by atoms with Crippen molar-refractivity contribution in [3.05, 3.63) is 28.8 Å². The van der Waals surface area contributed by atoms with Crippen LogP contribution in [-0.2, 0) is 9.53 Å². The molecule has 0 radical (unpaired) electrons. The van der Waals surface area contributed by atoms with Crippen molar-refractivity contribution in [2.24, 2.45) is 0 Å². The first-order valence-electron chi connectivity index (χ1n) is 4.70. The predicted octanol–water partition coefficient (Wildman–Crippen LogP) is 2.38. The highest BCUT2D eigenvalue weighted by Crippen LogP contribution is 2.37. The molecule has 0 spiro atoms. The molecule has 0 amide bonds. The van der Waals surface area contributed by atoms with Gasteiger partial charge in [-0.05, 0) is 18.2 Å². The molecule has 0 aliphatic carbocycles. The molecule has 0 saturated carbocycles. The van der Waals surface area contributed by atoms with Crippen LogP contribution in [-0.4, -0.2) is 19.7 Å². The molecule has 0 N–H and O–H groups in total. The van der Waals surface area contributed by atoms with Crippen LogP contribution in [0, 0.1) is 0 Å². The van der Waals surface area contributed by atoms with Gasteiger partial charge < -0.3 is 9.47 Å². The van der Waals surface area contributed by atoms with E-state index in [4.69, 9.17) is 16.3 Å². The van der Waals surface area contributed by atoms with E-state index in [1.165, 1.54) is 7.11 Å². The average molecular weight is 227 g/mol. The van der Waals surface area contributed by atoms with Crippen LogP contribution in [0.1, 0.15) is 17.9 Å².